The highest BCUT2D eigenvalue weighted by molar-refractivity contribution is 7.03. The Labute approximate surface area is 77.0 Å². The minimum atomic E-state index is 0.205. The lowest BCUT2D eigenvalue weighted by Crippen LogP contribution is -2.19. The van der Waals surface area contributed by atoms with Crippen LogP contribution in [-0.2, 0) is 0 Å². The van der Waals surface area contributed by atoms with E-state index in [1.807, 2.05) is 6.20 Å². The van der Waals surface area contributed by atoms with E-state index >= 15 is 0 Å². The number of rotatable bonds is 3. The number of aromatic nitrogens is 1. The van der Waals surface area contributed by atoms with E-state index in [2.05, 4.69) is 16.7 Å². The molecule has 0 radical (unpaired) electrons. The molecule has 1 aliphatic rings. The van der Waals surface area contributed by atoms with E-state index in [1.54, 1.807) is 0 Å². The van der Waals surface area contributed by atoms with Crippen LogP contribution in [0.3, 0.4) is 0 Å². The molecule has 1 aromatic heterocycles. The van der Waals surface area contributed by atoms with Crippen LogP contribution in [0.1, 0.15) is 31.4 Å². The van der Waals surface area contributed by atoms with Crippen LogP contribution >= 0.6 is 11.5 Å². The van der Waals surface area contributed by atoms with Gasteiger partial charge in [-0.2, -0.15) is 0 Å². The van der Waals surface area contributed by atoms with Crippen molar-refractivity contribution in [1.82, 2.24) is 4.37 Å². The Morgan fingerprint density at radius 3 is 2.92 bits per heavy atom. The largest absolute Gasteiger partial charge is 0.324 e. The number of nitrogens with two attached hydrogens (primary N) is 1. The van der Waals surface area contributed by atoms with Crippen molar-refractivity contribution in [3.05, 3.63) is 17.1 Å². The van der Waals surface area contributed by atoms with Crippen molar-refractivity contribution in [3.63, 3.8) is 0 Å². The Balaban J connectivity index is 2.03. The molecule has 1 fully saturated rings. The molecule has 0 aliphatic heterocycles. The summed E-state index contributed by atoms with van der Waals surface area (Å²) in [5, 5.41) is 2.06. The van der Waals surface area contributed by atoms with Crippen LogP contribution < -0.4 is 5.73 Å². The fraction of sp³-hybridized carbons (Fsp3) is 0.667. The molecule has 1 aliphatic carbocycles. The van der Waals surface area contributed by atoms with Gasteiger partial charge >= 0.3 is 0 Å². The first-order chi connectivity index (χ1) is 5.79. The quantitative estimate of drug-likeness (QED) is 0.778. The number of nitrogens with zero attached hydrogens (tertiary/aromatic N) is 1. The normalized spacial score (nSPS) is 22.2. The van der Waals surface area contributed by atoms with Gasteiger partial charge < -0.3 is 5.73 Å². The number of hydrogen-bond donors (Lipinski definition) is 1. The summed E-state index contributed by atoms with van der Waals surface area (Å²) in [4.78, 5) is 0. The molecule has 1 saturated carbocycles. The van der Waals surface area contributed by atoms with Gasteiger partial charge in [0.2, 0.25) is 0 Å². The minimum Gasteiger partial charge on any atom is -0.324 e. The molecule has 3 heteroatoms. The van der Waals surface area contributed by atoms with Crippen molar-refractivity contribution in [3.8, 4) is 0 Å². The highest BCUT2D eigenvalue weighted by atomic mass is 32.1. The molecule has 2 unspecified atom stereocenters. The van der Waals surface area contributed by atoms with Gasteiger partial charge in [-0.15, -0.1) is 0 Å². The van der Waals surface area contributed by atoms with Crippen molar-refractivity contribution >= 4 is 11.5 Å². The fourth-order valence-electron chi connectivity index (χ4n) is 1.60. The standard InChI is InChI=1S/C9H14N2S/c1-6(7-2-3-7)9(10)8-4-11-12-5-8/h4-7,9H,2-3,10H2,1H3. The Hall–Kier alpha value is -0.410. The summed E-state index contributed by atoms with van der Waals surface area (Å²) < 4.78 is 4.07. The average Bonchev–Trinajstić information content (AvgIpc) is 2.79. The van der Waals surface area contributed by atoms with Gasteiger partial charge in [0.25, 0.3) is 0 Å². The Kier molecular flexibility index (Phi) is 2.15. The highest BCUT2D eigenvalue weighted by Gasteiger charge is 2.32. The molecule has 2 atom stereocenters. The minimum absolute atomic E-state index is 0.205. The zero-order chi connectivity index (χ0) is 8.55. The van der Waals surface area contributed by atoms with Crippen LogP contribution in [0.2, 0.25) is 0 Å². The van der Waals surface area contributed by atoms with Crippen molar-refractivity contribution in [2.24, 2.45) is 17.6 Å². The van der Waals surface area contributed by atoms with Crippen LogP contribution in [0.25, 0.3) is 0 Å². The summed E-state index contributed by atoms with van der Waals surface area (Å²) in [6, 6.07) is 0.205. The molecule has 0 saturated heterocycles. The predicted octanol–water partition coefficient (Wildman–Crippen LogP) is 2.19. The fourth-order valence-corrected chi connectivity index (χ4v) is 2.18. The van der Waals surface area contributed by atoms with Crippen molar-refractivity contribution in [2.75, 3.05) is 0 Å². The third-order valence-electron chi connectivity index (χ3n) is 2.77. The molecule has 0 bridgehead atoms. The summed E-state index contributed by atoms with van der Waals surface area (Å²) in [6.45, 7) is 2.25. The van der Waals surface area contributed by atoms with Gasteiger partial charge in [-0.3, -0.25) is 0 Å². The summed E-state index contributed by atoms with van der Waals surface area (Å²) >= 11 is 1.49. The Bertz CT molecular complexity index is 241. The predicted molar refractivity (Wildman–Crippen MR) is 50.9 cm³/mol. The maximum atomic E-state index is 6.09. The maximum Gasteiger partial charge on any atom is 0.0454 e. The third-order valence-corrected chi connectivity index (χ3v) is 3.37. The van der Waals surface area contributed by atoms with Crippen molar-refractivity contribution in [1.29, 1.82) is 0 Å². The lowest BCUT2D eigenvalue weighted by atomic mass is 9.94. The summed E-state index contributed by atoms with van der Waals surface area (Å²) in [5.74, 6) is 1.50. The van der Waals surface area contributed by atoms with Crippen LogP contribution in [-0.4, -0.2) is 4.37 Å². The van der Waals surface area contributed by atoms with Crippen LogP contribution in [0.4, 0.5) is 0 Å². The molecule has 2 nitrogen and oxygen atoms in total. The second-order valence-electron chi connectivity index (χ2n) is 3.68. The highest BCUT2D eigenvalue weighted by Crippen LogP contribution is 2.41. The van der Waals surface area contributed by atoms with Gasteiger partial charge in [0.1, 0.15) is 0 Å². The van der Waals surface area contributed by atoms with Gasteiger partial charge in [-0.1, -0.05) is 6.92 Å². The molecule has 66 valence electrons. The van der Waals surface area contributed by atoms with Crippen molar-refractivity contribution < 1.29 is 0 Å². The van der Waals surface area contributed by atoms with Crippen LogP contribution in [0, 0.1) is 11.8 Å². The van der Waals surface area contributed by atoms with E-state index in [0.29, 0.717) is 5.92 Å². The zero-order valence-corrected chi connectivity index (χ0v) is 8.05. The van der Waals surface area contributed by atoms with Crippen molar-refractivity contribution in [2.45, 2.75) is 25.8 Å². The van der Waals surface area contributed by atoms with Gasteiger partial charge in [0, 0.05) is 17.6 Å². The average molecular weight is 182 g/mol. The molecule has 12 heavy (non-hydrogen) atoms. The molecular formula is C9H14N2S. The summed E-state index contributed by atoms with van der Waals surface area (Å²) in [7, 11) is 0. The first kappa shape index (κ1) is 8.20. The molecule has 2 N–H and O–H groups in total. The third kappa shape index (κ3) is 1.52. The molecule has 1 aromatic rings. The van der Waals surface area contributed by atoms with E-state index in [0.717, 1.165) is 5.92 Å². The van der Waals surface area contributed by atoms with E-state index < -0.39 is 0 Å². The van der Waals surface area contributed by atoms with E-state index in [9.17, 15) is 0 Å². The molecule has 0 spiro atoms. The molecule has 1 heterocycles. The zero-order valence-electron chi connectivity index (χ0n) is 7.23. The number of hydrogen-bond acceptors (Lipinski definition) is 3. The van der Waals surface area contributed by atoms with Crippen LogP contribution in [0.15, 0.2) is 11.6 Å². The maximum absolute atomic E-state index is 6.09. The topological polar surface area (TPSA) is 38.9 Å². The van der Waals surface area contributed by atoms with E-state index in [-0.39, 0.29) is 6.04 Å². The first-order valence-corrected chi connectivity index (χ1v) is 5.27. The lowest BCUT2D eigenvalue weighted by molar-refractivity contribution is 0.417. The van der Waals surface area contributed by atoms with E-state index in [4.69, 9.17) is 5.73 Å². The van der Waals surface area contributed by atoms with E-state index in [1.165, 1.54) is 29.9 Å². The smallest absolute Gasteiger partial charge is 0.0454 e. The van der Waals surface area contributed by atoms with Crippen LogP contribution in [0.5, 0.6) is 0 Å². The van der Waals surface area contributed by atoms with Gasteiger partial charge in [0.05, 0.1) is 0 Å². The Morgan fingerprint density at radius 2 is 2.42 bits per heavy atom. The lowest BCUT2D eigenvalue weighted by Gasteiger charge is -2.17. The first-order valence-electron chi connectivity index (χ1n) is 4.44. The monoisotopic (exact) mass is 182 g/mol. The summed E-state index contributed by atoms with van der Waals surface area (Å²) in [5.41, 5.74) is 7.30. The Morgan fingerprint density at radius 1 is 1.67 bits per heavy atom. The second kappa shape index (κ2) is 3.15. The summed E-state index contributed by atoms with van der Waals surface area (Å²) in [6.07, 6.45) is 4.63. The van der Waals surface area contributed by atoms with Gasteiger partial charge in [-0.25, -0.2) is 4.37 Å². The molecule has 0 aromatic carbocycles. The SMILES string of the molecule is CC(C1CC1)C(N)c1cnsc1. The molecule has 0 amide bonds. The van der Waals surface area contributed by atoms with Gasteiger partial charge in [0.15, 0.2) is 0 Å². The second-order valence-corrected chi connectivity index (χ2v) is 4.34. The molecular weight excluding hydrogens is 168 g/mol. The molecule has 2 rings (SSSR count). The van der Waals surface area contributed by atoms with Gasteiger partial charge in [-0.05, 0) is 41.8 Å².